The van der Waals surface area contributed by atoms with Crippen molar-refractivity contribution in [3.8, 4) is 5.75 Å². The molecule has 0 aliphatic heterocycles. The van der Waals surface area contributed by atoms with Crippen LogP contribution in [0.15, 0.2) is 22.6 Å². The van der Waals surface area contributed by atoms with E-state index in [1.807, 2.05) is 13.8 Å². The number of hydrogen-bond acceptors (Lipinski definition) is 4. The largest absolute Gasteiger partial charge is 0.483 e. The van der Waals surface area contributed by atoms with Crippen molar-refractivity contribution in [2.24, 2.45) is 0 Å². The first kappa shape index (κ1) is 13.9. The molecular weight excluding hydrogens is 361 g/mol. The highest BCUT2D eigenvalue weighted by Crippen LogP contribution is 2.23. The van der Waals surface area contributed by atoms with E-state index in [0.717, 1.165) is 15.0 Å². The average Bonchev–Trinajstić information content (AvgIpc) is 2.67. The Kier molecular flexibility index (Phi) is 4.08. The number of halogens is 1. The third-order valence-corrected chi connectivity index (χ3v) is 3.49. The third kappa shape index (κ3) is 3.25. The zero-order valence-corrected chi connectivity index (χ0v) is 12.6. The second-order valence-corrected chi connectivity index (χ2v) is 5.15. The first-order valence-electron chi connectivity index (χ1n) is 5.56. The monoisotopic (exact) mass is 373 g/mol. The minimum atomic E-state index is -0.982. The Morgan fingerprint density at radius 3 is 2.79 bits per heavy atom. The van der Waals surface area contributed by atoms with Crippen LogP contribution in [0.5, 0.6) is 5.75 Å². The molecule has 0 saturated heterocycles. The van der Waals surface area contributed by atoms with Crippen molar-refractivity contribution in [3.05, 3.63) is 44.7 Å². The Balaban J connectivity index is 2.14. The van der Waals surface area contributed by atoms with E-state index in [1.165, 1.54) is 12.1 Å². The number of aromatic carboxylic acids is 1. The number of ether oxygens (including phenoxy) is 1. The summed E-state index contributed by atoms with van der Waals surface area (Å²) >= 11 is 2.09. The highest BCUT2D eigenvalue weighted by molar-refractivity contribution is 14.1. The van der Waals surface area contributed by atoms with Crippen molar-refractivity contribution < 1.29 is 19.1 Å². The lowest BCUT2D eigenvalue weighted by molar-refractivity contribution is 0.0696. The van der Waals surface area contributed by atoms with Crippen LogP contribution in [0, 0.1) is 17.4 Å². The zero-order chi connectivity index (χ0) is 14.0. The SMILES string of the molecule is Cc1nc(COc2cc(C(=O)O)ccc2I)oc1C. The second kappa shape index (κ2) is 5.60. The van der Waals surface area contributed by atoms with E-state index in [9.17, 15) is 4.79 Å². The normalized spacial score (nSPS) is 10.5. The van der Waals surface area contributed by atoms with Gasteiger partial charge in [-0.3, -0.25) is 0 Å². The van der Waals surface area contributed by atoms with Crippen LogP contribution in [-0.2, 0) is 6.61 Å². The minimum absolute atomic E-state index is 0.174. The van der Waals surface area contributed by atoms with Crippen LogP contribution in [0.25, 0.3) is 0 Å². The molecule has 100 valence electrons. The first-order valence-corrected chi connectivity index (χ1v) is 6.64. The van der Waals surface area contributed by atoms with Crippen molar-refractivity contribution in [1.82, 2.24) is 4.98 Å². The fourth-order valence-corrected chi connectivity index (χ4v) is 1.98. The molecule has 0 unspecified atom stereocenters. The van der Waals surface area contributed by atoms with Crippen LogP contribution >= 0.6 is 22.6 Å². The zero-order valence-electron chi connectivity index (χ0n) is 10.4. The van der Waals surface area contributed by atoms with Gasteiger partial charge in [0.2, 0.25) is 5.89 Å². The van der Waals surface area contributed by atoms with Gasteiger partial charge in [-0.05, 0) is 54.6 Å². The molecule has 0 radical (unpaired) electrons. The molecule has 1 N–H and O–H groups in total. The van der Waals surface area contributed by atoms with E-state index in [1.54, 1.807) is 6.07 Å². The third-order valence-electron chi connectivity index (χ3n) is 2.60. The summed E-state index contributed by atoms with van der Waals surface area (Å²) in [6.45, 7) is 3.87. The van der Waals surface area contributed by atoms with Crippen LogP contribution in [0.1, 0.15) is 27.7 Å². The molecule has 0 saturated carbocycles. The number of aryl methyl sites for hydroxylation is 2. The number of benzene rings is 1. The molecule has 6 heteroatoms. The number of hydrogen-bond donors (Lipinski definition) is 1. The molecule has 1 aromatic carbocycles. The maximum Gasteiger partial charge on any atom is 0.335 e. The highest BCUT2D eigenvalue weighted by Gasteiger charge is 2.10. The van der Waals surface area contributed by atoms with Crippen molar-refractivity contribution in [2.45, 2.75) is 20.5 Å². The molecule has 1 aromatic heterocycles. The number of nitrogens with zero attached hydrogens (tertiary/aromatic N) is 1. The highest BCUT2D eigenvalue weighted by atomic mass is 127. The van der Waals surface area contributed by atoms with E-state index in [4.69, 9.17) is 14.3 Å². The van der Waals surface area contributed by atoms with E-state index < -0.39 is 5.97 Å². The van der Waals surface area contributed by atoms with Crippen LogP contribution in [-0.4, -0.2) is 16.1 Å². The van der Waals surface area contributed by atoms with Gasteiger partial charge in [-0.1, -0.05) is 0 Å². The Bertz CT molecular complexity index is 602. The Morgan fingerprint density at radius 2 is 2.21 bits per heavy atom. The molecule has 0 aliphatic carbocycles. The Labute approximate surface area is 123 Å². The lowest BCUT2D eigenvalue weighted by atomic mass is 10.2. The van der Waals surface area contributed by atoms with E-state index >= 15 is 0 Å². The molecule has 0 aliphatic rings. The average molecular weight is 373 g/mol. The number of carboxylic acids is 1. The summed E-state index contributed by atoms with van der Waals surface area (Å²) in [6, 6.07) is 4.73. The number of aromatic nitrogens is 1. The van der Waals surface area contributed by atoms with Crippen LogP contribution in [0.4, 0.5) is 0 Å². The van der Waals surface area contributed by atoms with Gasteiger partial charge < -0.3 is 14.3 Å². The number of carbonyl (C=O) groups is 1. The summed E-state index contributed by atoms with van der Waals surface area (Å²) in [4.78, 5) is 15.1. The molecule has 1 heterocycles. The predicted octanol–water partition coefficient (Wildman–Crippen LogP) is 3.17. The van der Waals surface area contributed by atoms with Gasteiger partial charge in [0.1, 0.15) is 11.5 Å². The molecule has 2 aromatic rings. The maximum absolute atomic E-state index is 10.9. The summed E-state index contributed by atoms with van der Waals surface area (Å²) in [6.07, 6.45) is 0. The quantitative estimate of drug-likeness (QED) is 0.834. The standard InChI is InChI=1S/C13H12INO4/c1-7-8(2)19-12(15-7)6-18-11-5-9(13(16)17)3-4-10(11)14/h3-5H,6H2,1-2H3,(H,16,17). The van der Waals surface area contributed by atoms with Crippen molar-refractivity contribution in [2.75, 3.05) is 0 Å². The van der Waals surface area contributed by atoms with Crippen molar-refractivity contribution in [1.29, 1.82) is 0 Å². The fraction of sp³-hybridized carbons (Fsp3) is 0.231. The van der Waals surface area contributed by atoms with Gasteiger partial charge in [-0.25, -0.2) is 9.78 Å². The molecule has 2 rings (SSSR count). The smallest absolute Gasteiger partial charge is 0.335 e. The van der Waals surface area contributed by atoms with E-state index in [0.29, 0.717) is 11.6 Å². The van der Waals surface area contributed by atoms with E-state index in [2.05, 4.69) is 27.6 Å². The van der Waals surface area contributed by atoms with Crippen LogP contribution in [0.3, 0.4) is 0 Å². The topological polar surface area (TPSA) is 72.6 Å². The molecule has 0 amide bonds. The molecule has 0 atom stereocenters. The summed E-state index contributed by atoms with van der Waals surface area (Å²) in [7, 11) is 0. The molecule has 0 spiro atoms. The summed E-state index contributed by atoms with van der Waals surface area (Å²) in [5, 5.41) is 8.94. The lowest BCUT2D eigenvalue weighted by Gasteiger charge is -2.07. The molecular formula is C13H12INO4. The number of carboxylic acid groups (broad SMARTS) is 1. The Hall–Kier alpha value is -1.57. The lowest BCUT2D eigenvalue weighted by Crippen LogP contribution is -2.01. The minimum Gasteiger partial charge on any atom is -0.483 e. The summed E-state index contributed by atoms with van der Waals surface area (Å²) < 4.78 is 11.8. The van der Waals surface area contributed by atoms with Gasteiger partial charge >= 0.3 is 5.97 Å². The van der Waals surface area contributed by atoms with Crippen molar-refractivity contribution >= 4 is 28.6 Å². The molecule has 0 bridgehead atoms. The second-order valence-electron chi connectivity index (χ2n) is 3.99. The van der Waals surface area contributed by atoms with Gasteiger partial charge in [0.25, 0.3) is 0 Å². The summed E-state index contributed by atoms with van der Waals surface area (Å²) in [5.74, 6) is 0.761. The maximum atomic E-state index is 10.9. The number of rotatable bonds is 4. The first-order chi connectivity index (χ1) is 8.97. The predicted molar refractivity (Wildman–Crippen MR) is 76.4 cm³/mol. The van der Waals surface area contributed by atoms with Gasteiger partial charge in [0.05, 0.1) is 14.8 Å². The van der Waals surface area contributed by atoms with Gasteiger partial charge in [0.15, 0.2) is 6.61 Å². The van der Waals surface area contributed by atoms with Crippen LogP contribution < -0.4 is 4.74 Å². The fourth-order valence-electron chi connectivity index (χ4n) is 1.49. The molecule has 19 heavy (non-hydrogen) atoms. The van der Waals surface area contributed by atoms with Gasteiger partial charge in [-0.15, -0.1) is 0 Å². The van der Waals surface area contributed by atoms with Crippen LogP contribution in [0.2, 0.25) is 0 Å². The van der Waals surface area contributed by atoms with Gasteiger partial charge in [0, 0.05) is 0 Å². The van der Waals surface area contributed by atoms with Gasteiger partial charge in [-0.2, -0.15) is 0 Å². The summed E-state index contributed by atoms with van der Waals surface area (Å²) in [5.41, 5.74) is 1.02. The molecule has 0 fully saturated rings. The molecule has 5 nitrogen and oxygen atoms in total. The Morgan fingerprint density at radius 1 is 1.47 bits per heavy atom. The van der Waals surface area contributed by atoms with Crippen molar-refractivity contribution in [3.63, 3.8) is 0 Å². The number of oxazole rings is 1. The van der Waals surface area contributed by atoms with E-state index in [-0.39, 0.29) is 12.2 Å².